The number of carbonyl (C=O) groups is 1. The van der Waals surface area contributed by atoms with Crippen molar-refractivity contribution in [3.05, 3.63) is 52.8 Å². The largest absolute Gasteiger partial charge is 0.387 e. The summed E-state index contributed by atoms with van der Waals surface area (Å²) < 4.78 is 0. The third-order valence-electron chi connectivity index (χ3n) is 2.66. The van der Waals surface area contributed by atoms with Gasteiger partial charge in [-0.3, -0.25) is 4.79 Å². The molecule has 0 radical (unpaired) electrons. The van der Waals surface area contributed by atoms with Gasteiger partial charge in [-0.25, -0.2) is 4.98 Å². The van der Waals surface area contributed by atoms with Gasteiger partial charge in [0.15, 0.2) is 0 Å². The van der Waals surface area contributed by atoms with E-state index in [-0.39, 0.29) is 5.91 Å². The van der Waals surface area contributed by atoms with E-state index in [4.69, 9.17) is 11.6 Å². The second-order valence-corrected chi connectivity index (χ2v) is 4.53. The lowest BCUT2D eigenvalue weighted by atomic mass is 10.2. The Hall–Kier alpha value is -2.07. The molecule has 0 spiro atoms. The Bertz CT molecular complexity index is 596. The molecule has 2 aromatic rings. The van der Waals surface area contributed by atoms with Crippen LogP contribution in [0.1, 0.15) is 16.1 Å². The number of aryl methyl sites for hydroxylation is 1. The van der Waals surface area contributed by atoms with E-state index in [1.54, 1.807) is 37.5 Å². The van der Waals surface area contributed by atoms with Crippen LogP contribution in [0.15, 0.2) is 36.5 Å². The SMILES string of the molecule is CNc1ccc(C(=O)Nc2ccc(C)cc2Cl)nc1. The van der Waals surface area contributed by atoms with Gasteiger partial charge in [0, 0.05) is 7.05 Å². The van der Waals surface area contributed by atoms with Crippen LogP contribution >= 0.6 is 11.6 Å². The Balaban J connectivity index is 2.15. The third kappa shape index (κ3) is 3.23. The number of nitrogens with one attached hydrogen (secondary N) is 2. The lowest BCUT2D eigenvalue weighted by Crippen LogP contribution is -2.14. The number of hydrogen-bond donors (Lipinski definition) is 2. The summed E-state index contributed by atoms with van der Waals surface area (Å²) in [6.07, 6.45) is 1.60. The van der Waals surface area contributed by atoms with Crippen LogP contribution in [0.25, 0.3) is 0 Å². The number of rotatable bonds is 3. The minimum atomic E-state index is -0.284. The van der Waals surface area contributed by atoms with Crippen molar-refractivity contribution in [2.45, 2.75) is 6.92 Å². The first kappa shape index (κ1) is 13.4. The molecule has 1 amide bonds. The molecule has 0 aliphatic carbocycles. The summed E-state index contributed by atoms with van der Waals surface area (Å²) in [6.45, 7) is 1.94. The Morgan fingerprint density at radius 3 is 2.63 bits per heavy atom. The number of aromatic nitrogens is 1. The summed E-state index contributed by atoms with van der Waals surface area (Å²) in [6, 6.07) is 8.91. The predicted molar refractivity (Wildman–Crippen MR) is 77.9 cm³/mol. The third-order valence-corrected chi connectivity index (χ3v) is 2.97. The fourth-order valence-electron chi connectivity index (χ4n) is 1.58. The number of nitrogens with zero attached hydrogens (tertiary/aromatic N) is 1. The smallest absolute Gasteiger partial charge is 0.274 e. The number of hydrogen-bond acceptors (Lipinski definition) is 3. The van der Waals surface area contributed by atoms with Crippen molar-refractivity contribution in [1.29, 1.82) is 0 Å². The van der Waals surface area contributed by atoms with E-state index in [2.05, 4.69) is 15.6 Å². The second-order valence-electron chi connectivity index (χ2n) is 4.12. The molecule has 0 saturated heterocycles. The Morgan fingerprint density at radius 1 is 1.26 bits per heavy atom. The predicted octanol–water partition coefficient (Wildman–Crippen LogP) is 3.34. The van der Waals surface area contributed by atoms with Crippen molar-refractivity contribution in [1.82, 2.24) is 4.98 Å². The standard InChI is InChI=1S/C14H14ClN3O/c1-9-3-5-12(11(15)7-9)18-14(19)13-6-4-10(16-2)8-17-13/h3-8,16H,1-2H3,(H,18,19). The van der Waals surface area contributed by atoms with Crippen LogP contribution in [0.3, 0.4) is 0 Å². The van der Waals surface area contributed by atoms with Crippen LogP contribution in [0.2, 0.25) is 5.02 Å². The fourth-order valence-corrected chi connectivity index (χ4v) is 1.87. The van der Waals surface area contributed by atoms with Crippen molar-refractivity contribution in [3.8, 4) is 0 Å². The molecule has 4 nitrogen and oxygen atoms in total. The van der Waals surface area contributed by atoms with Gasteiger partial charge >= 0.3 is 0 Å². The topological polar surface area (TPSA) is 54.0 Å². The first-order valence-corrected chi connectivity index (χ1v) is 6.19. The van der Waals surface area contributed by atoms with Gasteiger partial charge in [0.1, 0.15) is 5.69 Å². The molecule has 1 aromatic heterocycles. The molecule has 1 heterocycles. The number of pyridine rings is 1. The van der Waals surface area contributed by atoms with E-state index in [0.717, 1.165) is 11.3 Å². The van der Waals surface area contributed by atoms with E-state index in [9.17, 15) is 4.79 Å². The molecule has 0 fully saturated rings. The molecular formula is C14H14ClN3O. The van der Waals surface area contributed by atoms with Crippen molar-refractivity contribution >= 4 is 28.9 Å². The first-order chi connectivity index (χ1) is 9.10. The van der Waals surface area contributed by atoms with Gasteiger partial charge in [-0.2, -0.15) is 0 Å². The highest BCUT2D eigenvalue weighted by Gasteiger charge is 2.09. The lowest BCUT2D eigenvalue weighted by Gasteiger charge is -2.08. The molecule has 0 atom stereocenters. The van der Waals surface area contributed by atoms with Crippen LogP contribution in [0.4, 0.5) is 11.4 Å². The van der Waals surface area contributed by atoms with E-state index in [1.165, 1.54) is 0 Å². The summed E-state index contributed by atoms with van der Waals surface area (Å²) in [5, 5.41) is 6.19. The fraction of sp³-hybridized carbons (Fsp3) is 0.143. The zero-order valence-corrected chi connectivity index (χ0v) is 11.5. The van der Waals surface area contributed by atoms with Crippen LogP contribution in [0.5, 0.6) is 0 Å². The van der Waals surface area contributed by atoms with Crippen molar-refractivity contribution in [3.63, 3.8) is 0 Å². The summed E-state index contributed by atoms with van der Waals surface area (Å²) in [5.74, 6) is -0.284. The maximum atomic E-state index is 12.0. The van der Waals surface area contributed by atoms with E-state index >= 15 is 0 Å². The highest BCUT2D eigenvalue weighted by molar-refractivity contribution is 6.34. The van der Waals surface area contributed by atoms with Crippen LogP contribution < -0.4 is 10.6 Å². The average Bonchev–Trinajstić information content (AvgIpc) is 2.42. The molecule has 0 bridgehead atoms. The summed E-state index contributed by atoms with van der Waals surface area (Å²) in [4.78, 5) is 16.1. The van der Waals surface area contributed by atoms with Gasteiger partial charge < -0.3 is 10.6 Å². The summed E-state index contributed by atoms with van der Waals surface area (Å²) in [5.41, 5.74) is 2.82. The minimum absolute atomic E-state index is 0.284. The number of amides is 1. The molecule has 2 N–H and O–H groups in total. The molecule has 5 heteroatoms. The normalized spacial score (nSPS) is 10.1. The molecule has 0 saturated carbocycles. The van der Waals surface area contributed by atoms with Crippen LogP contribution in [0, 0.1) is 6.92 Å². The molecule has 0 aliphatic heterocycles. The van der Waals surface area contributed by atoms with Crippen molar-refractivity contribution in [2.24, 2.45) is 0 Å². The van der Waals surface area contributed by atoms with E-state index < -0.39 is 0 Å². The van der Waals surface area contributed by atoms with Crippen molar-refractivity contribution < 1.29 is 4.79 Å². The van der Waals surface area contributed by atoms with Crippen molar-refractivity contribution in [2.75, 3.05) is 17.7 Å². The number of benzene rings is 1. The second kappa shape index (κ2) is 5.71. The molecule has 98 valence electrons. The summed E-state index contributed by atoms with van der Waals surface area (Å²) in [7, 11) is 1.79. The van der Waals surface area contributed by atoms with Gasteiger partial charge in [0.25, 0.3) is 5.91 Å². The monoisotopic (exact) mass is 275 g/mol. The first-order valence-electron chi connectivity index (χ1n) is 5.81. The molecule has 0 aliphatic rings. The van der Waals surface area contributed by atoms with Gasteiger partial charge in [-0.05, 0) is 36.8 Å². The molecule has 2 rings (SSSR count). The van der Waals surface area contributed by atoms with Gasteiger partial charge in [-0.1, -0.05) is 17.7 Å². The van der Waals surface area contributed by atoms with Crippen LogP contribution in [-0.4, -0.2) is 17.9 Å². The lowest BCUT2D eigenvalue weighted by molar-refractivity contribution is 0.102. The van der Waals surface area contributed by atoms with Crippen LogP contribution in [-0.2, 0) is 0 Å². The van der Waals surface area contributed by atoms with Gasteiger partial charge in [0.05, 0.1) is 22.6 Å². The molecule has 0 unspecified atom stereocenters. The highest BCUT2D eigenvalue weighted by Crippen LogP contribution is 2.23. The quantitative estimate of drug-likeness (QED) is 0.903. The number of anilines is 2. The zero-order chi connectivity index (χ0) is 13.8. The molecule has 1 aromatic carbocycles. The molecular weight excluding hydrogens is 262 g/mol. The Kier molecular flexibility index (Phi) is 4.02. The van der Waals surface area contributed by atoms with Gasteiger partial charge in [0.2, 0.25) is 0 Å². The summed E-state index contributed by atoms with van der Waals surface area (Å²) >= 11 is 6.06. The Labute approximate surface area is 116 Å². The Morgan fingerprint density at radius 2 is 2.05 bits per heavy atom. The minimum Gasteiger partial charge on any atom is -0.387 e. The van der Waals surface area contributed by atoms with E-state index in [0.29, 0.717) is 16.4 Å². The average molecular weight is 276 g/mol. The number of carbonyl (C=O) groups excluding carboxylic acids is 1. The maximum Gasteiger partial charge on any atom is 0.274 e. The van der Waals surface area contributed by atoms with Gasteiger partial charge in [-0.15, -0.1) is 0 Å². The van der Waals surface area contributed by atoms with E-state index in [1.807, 2.05) is 13.0 Å². The maximum absolute atomic E-state index is 12.0. The number of halogens is 1. The highest BCUT2D eigenvalue weighted by atomic mass is 35.5. The zero-order valence-electron chi connectivity index (χ0n) is 10.7. The molecule has 19 heavy (non-hydrogen) atoms.